The van der Waals surface area contributed by atoms with E-state index in [4.69, 9.17) is 0 Å². The van der Waals surface area contributed by atoms with Crippen molar-refractivity contribution in [2.45, 2.75) is 76.7 Å². The van der Waals surface area contributed by atoms with Gasteiger partial charge in [-0.2, -0.15) is 5.26 Å². The molecule has 0 spiro atoms. The van der Waals surface area contributed by atoms with E-state index in [1.54, 1.807) is 0 Å². The zero-order valence-corrected chi connectivity index (χ0v) is 12.2. The topological polar surface area (TPSA) is 44.0 Å². The van der Waals surface area contributed by atoms with Crippen molar-refractivity contribution < 1.29 is 5.11 Å². The van der Waals surface area contributed by atoms with Crippen LogP contribution in [0.3, 0.4) is 0 Å². The second kappa shape index (κ2) is 4.77. The van der Waals surface area contributed by atoms with Crippen molar-refractivity contribution in [3.63, 3.8) is 0 Å². The van der Waals surface area contributed by atoms with Crippen LogP contribution in [0.15, 0.2) is 0 Å². The molecule has 106 valence electrons. The third-order valence-corrected chi connectivity index (χ3v) is 6.51. The molecule has 3 saturated carbocycles. The number of nitrogens with zero attached hydrogens (tertiary/aromatic N) is 1. The molecule has 3 rings (SSSR count). The van der Waals surface area contributed by atoms with Gasteiger partial charge in [-0.05, 0) is 62.7 Å². The fraction of sp³-hybridized carbons (Fsp3) is 0.941. The Morgan fingerprint density at radius 2 is 1.95 bits per heavy atom. The van der Waals surface area contributed by atoms with Gasteiger partial charge < -0.3 is 5.11 Å². The van der Waals surface area contributed by atoms with E-state index < -0.39 is 11.0 Å². The minimum Gasteiger partial charge on any atom is -0.388 e. The van der Waals surface area contributed by atoms with Crippen LogP contribution in [0.4, 0.5) is 0 Å². The molecule has 0 aromatic heterocycles. The molecule has 2 nitrogen and oxygen atoms in total. The van der Waals surface area contributed by atoms with E-state index in [1.165, 1.54) is 32.1 Å². The van der Waals surface area contributed by atoms with Gasteiger partial charge in [0.1, 0.15) is 0 Å². The minimum absolute atomic E-state index is 0.396. The van der Waals surface area contributed by atoms with E-state index in [1.807, 2.05) is 0 Å². The number of nitriles is 1. The van der Waals surface area contributed by atoms with Crippen molar-refractivity contribution in [3.05, 3.63) is 0 Å². The fourth-order valence-corrected chi connectivity index (χ4v) is 5.44. The molecule has 3 atom stereocenters. The lowest BCUT2D eigenvalue weighted by Gasteiger charge is -2.49. The quantitative estimate of drug-likeness (QED) is 0.833. The van der Waals surface area contributed by atoms with Crippen LogP contribution in [-0.2, 0) is 0 Å². The molecule has 2 bridgehead atoms. The second-order valence-corrected chi connectivity index (χ2v) is 7.43. The van der Waals surface area contributed by atoms with E-state index in [-0.39, 0.29) is 0 Å². The highest BCUT2D eigenvalue weighted by atomic mass is 16.3. The van der Waals surface area contributed by atoms with E-state index in [0.717, 1.165) is 43.9 Å². The Labute approximate surface area is 117 Å². The monoisotopic (exact) mass is 261 g/mol. The summed E-state index contributed by atoms with van der Waals surface area (Å²) >= 11 is 0. The summed E-state index contributed by atoms with van der Waals surface area (Å²) in [6.45, 7) is 2.24. The first kappa shape index (κ1) is 13.4. The maximum atomic E-state index is 11.2. The molecule has 3 fully saturated rings. The van der Waals surface area contributed by atoms with Crippen LogP contribution < -0.4 is 0 Å². The fourth-order valence-electron chi connectivity index (χ4n) is 5.44. The van der Waals surface area contributed by atoms with Gasteiger partial charge in [0.25, 0.3) is 0 Å². The zero-order valence-electron chi connectivity index (χ0n) is 12.2. The van der Waals surface area contributed by atoms with Crippen LogP contribution in [0.1, 0.15) is 71.1 Å². The number of aliphatic hydroxyl groups is 1. The molecular formula is C17H27NO. The SMILES string of the molecule is CCCC1CCC(O)(C2(C#N)CC3CCC2C3)CC1. The summed E-state index contributed by atoms with van der Waals surface area (Å²) in [4.78, 5) is 0. The standard InChI is InChI=1S/C17H27NO/c1-2-3-13-6-8-17(19,9-7-13)16(12-18)11-14-4-5-15(16)10-14/h13-15,19H,2-11H2,1H3. The van der Waals surface area contributed by atoms with Crippen molar-refractivity contribution in [1.82, 2.24) is 0 Å². The van der Waals surface area contributed by atoms with Crippen LogP contribution in [0, 0.1) is 34.5 Å². The normalized spacial score (nSPS) is 49.2. The predicted octanol–water partition coefficient (Wildman–Crippen LogP) is 4.04. The molecule has 2 heteroatoms. The molecule has 1 N–H and O–H groups in total. The molecule has 19 heavy (non-hydrogen) atoms. The van der Waals surface area contributed by atoms with Gasteiger partial charge in [0, 0.05) is 0 Å². The lowest BCUT2D eigenvalue weighted by molar-refractivity contribution is -0.113. The molecule has 0 radical (unpaired) electrons. The third-order valence-electron chi connectivity index (χ3n) is 6.51. The van der Waals surface area contributed by atoms with Gasteiger partial charge >= 0.3 is 0 Å². The van der Waals surface area contributed by atoms with Crippen molar-refractivity contribution in [2.75, 3.05) is 0 Å². The van der Waals surface area contributed by atoms with E-state index in [2.05, 4.69) is 13.0 Å². The molecule has 0 aromatic rings. The second-order valence-electron chi connectivity index (χ2n) is 7.43. The molecule has 3 unspecified atom stereocenters. The Morgan fingerprint density at radius 3 is 2.42 bits per heavy atom. The summed E-state index contributed by atoms with van der Waals surface area (Å²) in [5.74, 6) is 2.00. The number of rotatable bonds is 3. The Hall–Kier alpha value is -0.550. The molecule has 3 aliphatic carbocycles. The molecule has 0 amide bonds. The summed E-state index contributed by atoms with van der Waals surface area (Å²) in [6, 6.07) is 2.62. The molecule has 0 aromatic carbocycles. The largest absolute Gasteiger partial charge is 0.388 e. The van der Waals surface area contributed by atoms with Gasteiger partial charge in [-0.15, -0.1) is 0 Å². The molecule has 0 saturated heterocycles. The molecule has 0 aliphatic heterocycles. The molecular weight excluding hydrogens is 234 g/mol. The van der Waals surface area contributed by atoms with Gasteiger partial charge in [-0.1, -0.05) is 26.2 Å². The lowest BCUT2D eigenvalue weighted by atomic mass is 9.57. The van der Waals surface area contributed by atoms with E-state index >= 15 is 0 Å². The van der Waals surface area contributed by atoms with Gasteiger partial charge in [-0.25, -0.2) is 0 Å². The van der Waals surface area contributed by atoms with Crippen LogP contribution >= 0.6 is 0 Å². The number of hydrogen-bond donors (Lipinski definition) is 1. The smallest absolute Gasteiger partial charge is 0.0890 e. The first-order chi connectivity index (χ1) is 9.13. The first-order valence-electron chi connectivity index (χ1n) is 8.27. The summed E-state index contributed by atoms with van der Waals surface area (Å²) < 4.78 is 0. The number of hydrogen-bond acceptors (Lipinski definition) is 2. The first-order valence-corrected chi connectivity index (χ1v) is 8.27. The zero-order chi connectivity index (χ0) is 13.5. The molecule has 0 heterocycles. The Bertz CT molecular complexity index is 377. The Balaban J connectivity index is 1.76. The number of fused-ring (bicyclic) bond motifs is 2. The Morgan fingerprint density at radius 1 is 1.21 bits per heavy atom. The maximum Gasteiger partial charge on any atom is 0.0890 e. The summed E-state index contributed by atoms with van der Waals surface area (Å²) in [7, 11) is 0. The maximum absolute atomic E-state index is 11.2. The van der Waals surface area contributed by atoms with Crippen molar-refractivity contribution in [3.8, 4) is 6.07 Å². The average Bonchev–Trinajstić information content (AvgIpc) is 3.03. The average molecular weight is 261 g/mol. The van der Waals surface area contributed by atoms with Crippen molar-refractivity contribution in [2.24, 2.45) is 23.2 Å². The van der Waals surface area contributed by atoms with Crippen LogP contribution in [0.25, 0.3) is 0 Å². The van der Waals surface area contributed by atoms with Crippen molar-refractivity contribution >= 4 is 0 Å². The highest BCUT2D eigenvalue weighted by Gasteiger charge is 2.62. The van der Waals surface area contributed by atoms with Crippen LogP contribution in [0.2, 0.25) is 0 Å². The predicted molar refractivity (Wildman–Crippen MR) is 75.3 cm³/mol. The third kappa shape index (κ3) is 1.93. The van der Waals surface area contributed by atoms with Gasteiger partial charge in [-0.3, -0.25) is 0 Å². The highest BCUT2D eigenvalue weighted by molar-refractivity contribution is 5.20. The van der Waals surface area contributed by atoms with E-state index in [0.29, 0.717) is 5.92 Å². The Kier molecular flexibility index (Phi) is 3.38. The lowest BCUT2D eigenvalue weighted by Crippen LogP contribution is -2.52. The van der Waals surface area contributed by atoms with Crippen LogP contribution in [0.5, 0.6) is 0 Å². The van der Waals surface area contributed by atoms with Gasteiger partial charge in [0.05, 0.1) is 17.1 Å². The highest BCUT2D eigenvalue weighted by Crippen LogP contribution is 2.63. The van der Waals surface area contributed by atoms with Crippen molar-refractivity contribution in [1.29, 1.82) is 5.26 Å². The van der Waals surface area contributed by atoms with Gasteiger partial charge in [0.15, 0.2) is 0 Å². The summed E-state index contributed by atoms with van der Waals surface area (Å²) in [6.07, 6.45) is 11.2. The summed E-state index contributed by atoms with van der Waals surface area (Å²) in [5, 5.41) is 21.0. The minimum atomic E-state index is -0.675. The van der Waals surface area contributed by atoms with E-state index in [9.17, 15) is 10.4 Å². The van der Waals surface area contributed by atoms with Crippen LogP contribution in [-0.4, -0.2) is 10.7 Å². The van der Waals surface area contributed by atoms with Gasteiger partial charge in [0.2, 0.25) is 0 Å². The summed E-state index contributed by atoms with van der Waals surface area (Å²) in [5.41, 5.74) is -1.07. The molecule has 3 aliphatic rings.